The van der Waals surface area contributed by atoms with E-state index in [-0.39, 0.29) is 17.5 Å². The minimum Gasteiger partial charge on any atom is -0.380 e. The topological polar surface area (TPSA) is 125 Å². The molecule has 0 radical (unpaired) electrons. The van der Waals surface area contributed by atoms with Crippen molar-refractivity contribution in [3.8, 4) is 0 Å². The number of pyridine rings is 2. The van der Waals surface area contributed by atoms with Crippen LogP contribution in [0.4, 0.5) is 11.5 Å². The summed E-state index contributed by atoms with van der Waals surface area (Å²) in [4.78, 5) is 42.8. The van der Waals surface area contributed by atoms with Crippen LogP contribution in [0.25, 0.3) is 10.8 Å². The van der Waals surface area contributed by atoms with Gasteiger partial charge in [0.05, 0.1) is 27.4 Å². The van der Waals surface area contributed by atoms with Crippen molar-refractivity contribution < 1.29 is 14.7 Å². The first-order valence-corrected chi connectivity index (χ1v) is 12.6. The molecule has 10 heteroatoms. The van der Waals surface area contributed by atoms with Gasteiger partial charge >= 0.3 is 0 Å². The maximum absolute atomic E-state index is 13.0. The first-order chi connectivity index (χ1) is 16.8. The highest BCUT2D eigenvalue weighted by Crippen LogP contribution is 2.32. The SMILES string of the molecule is Cn1ccc2cccc(NC(=O)[C@]3(O)CC[C@@H](NCc4ccc5c(n4)NC(=O)CS5)CC3)c2c1=O. The number of anilines is 2. The van der Waals surface area contributed by atoms with Crippen molar-refractivity contribution in [1.29, 1.82) is 0 Å². The zero-order chi connectivity index (χ0) is 24.6. The Hall–Kier alpha value is -3.21. The summed E-state index contributed by atoms with van der Waals surface area (Å²) in [6.45, 7) is 0.530. The normalized spacial score (nSPS) is 21.9. The van der Waals surface area contributed by atoms with Crippen LogP contribution in [0.3, 0.4) is 0 Å². The molecule has 5 rings (SSSR count). The molecule has 3 heterocycles. The fraction of sp³-hybridized carbons (Fsp3) is 0.360. The van der Waals surface area contributed by atoms with Gasteiger partial charge in [0.25, 0.3) is 11.5 Å². The molecule has 0 bridgehead atoms. The van der Waals surface area contributed by atoms with E-state index in [2.05, 4.69) is 20.9 Å². The summed E-state index contributed by atoms with van der Waals surface area (Å²) in [7, 11) is 1.66. The van der Waals surface area contributed by atoms with E-state index in [0.29, 0.717) is 54.9 Å². The van der Waals surface area contributed by atoms with Gasteiger partial charge in [-0.05, 0) is 55.3 Å². The van der Waals surface area contributed by atoms with Crippen LogP contribution in [-0.4, -0.2) is 43.9 Å². The van der Waals surface area contributed by atoms with Crippen molar-refractivity contribution in [3.63, 3.8) is 0 Å². The number of aryl methyl sites for hydroxylation is 1. The van der Waals surface area contributed by atoms with Gasteiger partial charge in [-0.2, -0.15) is 0 Å². The smallest absolute Gasteiger partial charge is 0.260 e. The first kappa shape index (κ1) is 23.5. The van der Waals surface area contributed by atoms with Crippen LogP contribution in [-0.2, 0) is 23.2 Å². The predicted octanol–water partition coefficient (Wildman–Crippen LogP) is 2.38. The Morgan fingerprint density at radius 2 is 2.03 bits per heavy atom. The second-order valence-corrected chi connectivity index (χ2v) is 10.1. The second kappa shape index (κ2) is 9.44. The molecule has 1 aliphatic carbocycles. The molecule has 1 saturated carbocycles. The molecule has 4 N–H and O–H groups in total. The summed E-state index contributed by atoms with van der Waals surface area (Å²) in [5.41, 5.74) is -0.465. The second-order valence-electron chi connectivity index (χ2n) is 9.13. The van der Waals surface area contributed by atoms with Gasteiger partial charge in [0.15, 0.2) is 0 Å². The van der Waals surface area contributed by atoms with Gasteiger partial charge in [0.2, 0.25) is 5.91 Å². The Morgan fingerprint density at radius 3 is 2.83 bits per heavy atom. The van der Waals surface area contributed by atoms with Crippen molar-refractivity contribution in [3.05, 3.63) is 58.6 Å². The molecule has 2 amide bonds. The maximum atomic E-state index is 13.0. The van der Waals surface area contributed by atoms with Crippen LogP contribution in [0.1, 0.15) is 31.4 Å². The van der Waals surface area contributed by atoms with Crippen molar-refractivity contribution in [2.45, 2.75) is 48.8 Å². The fourth-order valence-corrected chi connectivity index (χ4v) is 5.36. The monoisotopic (exact) mass is 493 g/mol. The number of rotatable bonds is 5. The van der Waals surface area contributed by atoms with E-state index in [1.807, 2.05) is 24.3 Å². The third-order valence-electron chi connectivity index (χ3n) is 6.70. The van der Waals surface area contributed by atoms with E-state index in [4.69, 9.17) is 0 Å². The number of fused-ring (bicyclic) bond motifs is 2. The number of carbonyl (C=O) groups excluding carboxylic acids is 2. The van der Waals surface area contributed by atoms with Gasteiger partial charge in [0, 0.05) is 25.8 Å². The van der Waals surface area contributed by atoms with E-state index in [9.17, 15) is 19.5 Å². The summed E-state index contributed by atoms with van der Waals surface area (Å²) < 4.78 is 1.47. The van der Waals surface area contributed by atoms with Crippen molar-refractivity contribution in [1.82, 2.24) is 14.9 Å². The highest BCUT2D eigenvalue weighted by atomic mass is 32.2. The summed E-state index contributed by atoms with van der Waals surface area (Å²) in [5.74, 6) is 0.471. The average Bonchev–Trinajstić information content (AvgIpc) is 2.85. The predicted molar refractivity (Wildman–Crippen MR) is 135 cm³/mol. The number of thioether (sulfide) groups is 1. The average molecular weight is 494 g/mol. The van der Waals surface area contributed by atoms with E-state index in [1.54, 1.807) is 25.4 Å². The van der Waals surface area contributed by atoms with Gasteiger partial charge in [-0.1, -0.05) is 12.1 Å². The fourth-order valence-electron chi connectivity index (χ4n) is 4.60. The lowest BCUT2D eigenvalue weighted by Gasteiger charge is -2.35. The quantitative estimate of drug-likeness (QED) is 0.430. The van der Waals surface area contributed by atoms with Crippen molar-refractivity contribution >= 4 is 45.9 Å². The maximum Gasteiger partial charge on any atom is 0.260 e. The van der Waals surface area contributed by atoms with E-state index >= 15 is 0 Å². The highest BCUT2D eigenvalue weighted by Gasteiger charge is 2.40. The van der Waals surface area contributed by atoms with Crippen LogP contribution in [0, 0.1) is 0 Å². The first-order valence-electron chi connectivity index (χ1n) is 11.6. The van der Waals surface area contributed by atoms with E-state index in [1.165, 1.54) is 16.3 Å². The van der Waals surface area contributed by atoms with E-state index < -0.39 is 11.5 Å². The molecule has 1 fully saturated rings. The van der Waals surface area contributed by atoms with Crippen LogP contribution in [0.5, 0.6) is 0 Å². The Morgan fingerprint density at radius 1 is 1.23 bits per heavy atom. The van der Waals surface area contributed by atoms with Gasteiger partial charge < -0.3 is 25.6 Å². The summed E-state index contributed by atoms with van der Waals surface area (Å²) in [6.07, 6.45) is 3.55. The number of hydrogen-bond acceptors (Lipinski definition) is 7. The third-order valence-corrected chi connectivity index (χ3v) is 7.74. The number of amides is 2. The molecule has 2 aliphatic rings. The number of aliphatic hydroxyl groups is 1. The molecule has 0 saturated heterocycles. The van der Waals surface area contributed by atoms with Crippen LogP contribution in [0.15, 0.2) is 52.3 Å². The minimum absolute atomic E-state index is 0.0474. The van der Waals surface area contributed by atoms with Crippen molar-refractivity contribution in [2.75, 3.05) is 16.4 Å². The minimum atomic E-state index is -1.49. The number of hydrogen-bond donors (Lipinski definition) is 4. The largest absolute Gasteiger partial charge is 0.380 e. The summed E-state index contributed by atoms with van der Waals surface area (Å²) in [5, 5.41) is 21.3. The van der Waals surface area contributed by atoms with Crippen LogP contribution in [0.2, 0.25) is 0 Å². The lowest BCUT2D eigenvalue weighted by Crippen LogP contribution is -2.49. The number of benzene rings is 1. The molecule has 1 aliphatic heterocycles. The zero-order valence-corrected chi connectivity index (χ0v) is 20.2. The molecule has 3 aromatic rings. The number of carbonyl (C=O) groups is 2. The molecule has 0 atom stereocenters. The Kier molecular flexibility index (Phi) is 6.35. The Bertz CT molecular complexity index is 1360. The molecule has 1 aromatic carbocycles. The zero-order valence-electron chi connectivity index (χ0n) is 19.3. The number of nitrogens with one attached hydrogen (secondary N) is 3. The lowest BCUT2D eigenvalue weighted by molar-refractivity contribution is -0.137. The highest BCUT2D eigenvalue weighted by molar-refractivity contribution is 8.00. The van der Waals surface area contributed by atoms with Crippen LogP contribution >= 0.6 is 11.8 Å². The van der Waals surface area contributed by atoms with E-state index in [0.717, 1.165) is 16.0 Å². The lowest BCUT2D eigenvalue weighted by atomic mass is 9.81. The molecule has 2 aromatic heterocycles. The van der Waals surface area contributed by atoms with Gasteiger partial charge in [-0.3, -0.25) is 14.4 Å². The molecular weight excluding hydrogens is 466 g/mol. The molecule has 35 heavy (non-hydrogen) atoms. The standard InChI is InChI=1S/C25H27N5O4S/c1-30-12-9-15-3-2-4-18(21(15)23(30)32)28-24(33)25(34)10-7-16(8-11-25)26-13-17-5-6-19-22(27-17)29-20(31)14-35-19/h2-6,9,12,16,26,34H,7-8,10-11,13-14H2,1H3,(H,28,33)(H,27,29,31)/t16-,25+. The van der Waals surface area contributed by atoms with Gasteiger partial charge in [-0.25, -0.2) is 4.98 Å². The summed E-state index contributed by atoms with van der Waals surface area (Å²) >= 11 is 1.48. The summed E-state index contributed by atoms with van der Waals surface area (Å²) in [6, 6.07) is 11.1. The Balaban J connectivity index is 1.20. The number of nitrogens with zero attached hydrogens (tertiary/aromatic N) is 2. The molecule has 0 spiro atoms. The molecule has 182 valence electrons. The van der Waals surface area contributed by atoms with Crippen molar-refractivity contribution in [2.24, 2.45) is 7.05 Å². The molecule has 9 nitrogen and oxygen atoms in total. The number of aromatic nitrogens is 2. The third kappa shape index (κ3) is 4.82. The molecule has 0 unspecified atom stereocenters. The van der Waals surface area contributed by atoms with Gasteiger partial charge in [0.1, 0.15) is 11.4 Å². The Labute approximate surface area is 206 Å². The van der Waals surface area contributed by atoms with Gasteiger partial charge in [-0.15, -0.1) is 11.8 Å². The molecular formula is C25H27N5O4S. The van der Waals surface area contributed by atoms with Crippen LogP contribution < -0.4 is 21.5 Å².